The van der Waals surface area contributed by atoms with Gasteiger partial charge >= 0.3 is 24.1 Å². The predicted octanol–water partition coefficient (Wildman–Crippen LogP) is 2.15. The van der Waals surface area contributed by atoms with Crippen LogP contribution in [0.2, 0.25) is 0 Å². The van der Waals surface area contributed by atoms with Crippen LogP contribution < -0.4 is 10.6 Å². The summed E-state index contributed by atoms with van der Waals surface area (Å²) < 4.78 is 14.2. The topological polar surface area (TPSA) is 140 Å². The summed E-state index contributed by atoms with van der Waals surface area (Å²) in [7, 11) is 1.29. The van der Waals surface area contributed by atoms with Crippen LogP contribution in [0.15, 0.2) is 24.3 Å². The van der Waals surface area contributed by atoms with Crippen LogP contribution in [0.5, 0.6) is 0 Å². The first-order valence-electron chi connectivity index (χ1n) is 9.41. The van der Waals surface area contributed by atoms with Crippen LogP contribution in [0, 0.1) is 0 Å². The maximum absolute atomic E-state index is 11.4. The van der Waals surface area contributed by atoms with Gasteiger partial charge in [0, 0.05) is 38.1 Å². The standard InChI is InChI=1S/C19H30N2O8/c1-27-17(24)11-5-9-15-29-19(26)21-13-7-3-2-6-12-20-18(25)28-14-8-4-10-16(22)23/h4-5,10-11H,2-3,6-9,12-15H2,1H3,(H,20,25)(H,21,26)(H,22,23). The van der Waals surface area contributed by atoms with E-state index in [2.05, 4.69) is 15.4 Å². The minimum Gasteiger partial charge on any atom is -0.478 e. The summed E-state index contributed by atoms with van der Waals surface area (Å²) in [5.41, 5.74) is 0. The van der Waals surface area contributed by atoms with E-state index >= 15 is 0 Å². The minimum atomic E-state index is -1.04. The zero-order chi connectivity index (χ0) is 21.7. The molecule has 0 rings (SSSR count). The Kier molecular flexibility index (Phi) is 16.4. The molecule has 0 unspecified atom stereocenters. The number of aliphatic carboxylic acids is 1. The lowest BCUT2D eigenvalue weighted by molar-refractivity contribution is -0.135. The van der Waals surface area contributed by atoms with Crippen molar-refractivity contribution in [3.63, 3.8) is 0 Å². The first kappa shape index (κ1) is 26.0. The number of alkyl carbamates (subject to hydrolysis) is 2. The molecule has 0 aromatic rings. The number of hydrogen-bond donors (Lipinski definition) is 3. The number of esters is 1. The Bertz CT molecular complexity index is 560. The molecule has 10 nitrogen and oxygen atoms in total. The molecule has 2 amide bonds. The molecule has 0 aliphatic rings. The first-order chi connectivity index (χ1) is 14.0. The molecular weight excluding hydrogens is 384 g/mol. The van der Waals surface area contributed by atoms with E-state index in [-0.39, 0.29) is 13.2 Å². The Morgan fingerprint density at radius 3 is 1.72 bits per heavy atom. The molecule has 164 valence electrons. The highest BCUT2D eigenvalue weighted by molar-refractivity contribution is 5.81. The molecule has 0 aliphatic carbocycles. The molecule has 0 fully saturated rings. The van der Waals surface area contributed by atoms with Gasteiger partial charge in [0.2, 0.25) is 0 Å². The number of carbonyl (C=O) groups is 4. The van der Waals surface area contributed by atoms with Crippen molar-refractivity contribution < 1.29 is 38.5 Å². The van der Waals surface area contributed by atoms with Crippen LogP contribution in [0.25, 0.3) is 0 Å². The molecule has 0 bridgehead atoms. The fourth-order valence-electron chi connectivity index (χ4n) is 1.96. The smallest absolute Gasteiger partial charge is 0.407 e. The van der Waals surface area contributed by atoms with Crippen LogP contribution in [0.1, 0.15) is 38.5 Å². The van der Waals surface area contributed by atoms with Crippen molar-refractivity contribution in [2.45, 2.75) is 38.5 Å². The summed E-state index contributed by atoms with van der Waals surface area (Å²) in [6.45, 7) is 1.28. The maximum atomic E-state index is 11.4. The number of rotatable bonds is 15. The van der Waals surface area contributed by atoms with Gasteiger partial charge in [0.05, 0.1) is 20.3 Å². The average Bonchev–Trinajstić information content (AvgIpc) is 2.68. The second-order valence-corrected chi connectivity index (χ2v) is 5.78. The van der Waals surface area contributed by atoms with Crippen molar-refractivity contribution in [3.8, 4) is 0 Å². The van der Waals surface area contributed by atoms with E-state index < -0.39 is 24.1 Å². The van der Waals surface area contributed by atoms with Gasteiger partial charge in [-0.1, -0.05) is 25.0 Å². The van der Waals surface area contributed by atoms with Gasteiger partial charge in [0.25, 0.3) is 0 Å². The van der Waals surface area contributed by atoms with Crippen LogP contribution in [-0.2, 0) is 23.8 Å². The van der Waals surface area contributed by atoms with Crippen LogP contribution in [0.4, 0.5) is 9.59 Å². The number of methoxy groups -OCH3 is 1. The Labute approximate surface area is 170 Å². The number of carboxylic acids is 1. The molecule has 0 radical (unpaired) electrons. The van der Waals surface area contributed by atoms with Crippen LogP contribution >= 0.6 is 0 Å². The van der Waals surface area contributed by atoms with Crippen molar-refractivity contribution in [1.29, 1.82) is 0 Å². The zero-order valence-electron chi connectivity index (χ0n) is 16.7. The summed E-state index contributed by atoms with van der Waals surface area (Å²) in [5.74, 6) is -1.49. The van der Waals surface area contributed by atoms with E-state index in [0.29, 0.717) is 25.9 Å². The number of carbonyl (C=O) groups excluding carboxylic acids is 3. The van der Waals surface area contributed by atoms with Gasteiger partial charge in [-0.25, -0.2) is 19.2 Å². The largest absolute Gasteiger partial charge is 0.478 e. The van der Waals surface area contributed by atoms with Crippen molar-refractivity contribution in [3.05, 3.63) is 24.3 Å². The second kappa shape index (κ2) is 18.3. The van der Waals surface area contributed by atoms with E-state index in [1.54, 1.807) is 6.08 Å². The highest BCUT2D eigenvalue weighted by atomic mass is 16.6. The molecule has 0 saturated heterocycles. The van der Waals surface area contributed by atoms with Crippen LogP contribution in [0.3, 0.4) is 0 Å². The van der Waals surface area contributed by atoms with Crippen molar-refractivity contribution >= 4 is 24.1 Å². The number of ether oxygens (including phenoxy) is 3. The third-order valence-electron chi connectivity index (χ3n) is 3.39. The average molecular weight is 414 g/mol. The summed E-state index contributed by atoms with van der Waals surface area (Å²) in [5, 5.41) is 13.6. The highest BCUT2D eigenvalue weighted by Gasteiger charge is 2.02. The van der Waals surface area contributed by atoms with Gasteiger partial charge in [-0.3, -0.25) is 0 Å². The van der Waals surface area contributed by atoms with Crippen molar-refractivity contribution in [2.24, 2.45) is 0 Å². The van der Waals surface area contributed by atoms with E-state index in [4.69, 9.17) is 14.6 Å². The summed E-state index contributed by atoms with van der Waals surface area (Å²) in [4.78, 5) is 43.8. The summed E-state index contributed by atoms with van der Waals surface area (Å²) >= 11 is 0. The Hall–Kier alpha value is -3.04. The van der Waals surface area contributed by atoms with Gasteiger partial charge < -0.3 is 30.0 Å². The molecule has 29 heavy (non-hydrogen) atoms. The lowest BCUT2D eigenvalue weighted by Gasteiger charge is -2.07. The highest BCUT2D eigenvalue weighted by Crippen LogP contribution is 1.98. The third-order valence-corrected chi connectivity index (χ3v) is 3.39. The number of nitrogens with one attached hydrogen (secondary N) is 2. The molecule has 3 N–H and O–H groups in total. The monoisotopic (exact) mass is 414 g/mol. The van der Waals surface area contributed by atoms with Gasteiger partial charge in [0.1, 0.15) is 0 Å². The number of unbranched alkanes of at least 4 members (excludes halogenated alkanes) is 3. The Morgan fingerprint density at radius 2 is 1.28 bits per heavy atom. The molecule has 0 atom stereocenters. The minimum absolute atomic E-state index is 0.124. The van der Waals surface area contributed by atoms with Crippen molar-refractivity contribution in [2.75, 3.05) is 33.4 Å². The number of hydrogen-bond acceptors (Lipinski definition) is 7. The lowest BCUT2D eigenvalue weighted by Crippen LogP contribution is -2.26. The molecule has 0 saturated carbocycles. The van der Waals surface area contributed by atoms with Gasteiger partial charge in [-0.15, -0.1) is 0 Å². The predicted molar refractivity (Wildman–Crippen MR) is 104 cm³/mol. The van der Waals surface area contributed by atoms with Crippen LogP contribution in [-0.4, -0.2) is 62.6 Å². The molecule has 0 aromatic heterocycles. The fraction of sp³-hybridized carbons (Fsp3) is 0.579. The molecule has 0 heterocycles. The Morgan fingerprint density at radius 1 is 0.793 bits per heavy atom. The molecule has 0 aromatic carbocycles. The fourth-order valence-corrected chi connectivity index (χ4v) is 1.96. The lowest BCUT2D eigenvalue weighted by atomic mass is 10.2. The van der Waals surface area contributed by atoms with Gasteiger partial charge in [-0.05, 0) is 12.8 Å². The molecule has 10 heteroatoms. The first-order valence-corrected chi connectivity index (χ1v) is 9.41. The SMILES string of the molecule is COC(=O)C=CCCOC(=O)NCCCCCCNC(=O)OCCC=CC(=O)O. The summed E-state index contributed by atoms with van der Waals surface area (Å²) in [6.07, 6.45) is 8.35. The second-order valence-electron chi connectivity index (χ2n) is 5.78. The molecule has 0 spiro atoms. The number of amides is 2. The van der Waals surface area contributed by atoms with E-state index in [0.717, 1.165) is 31.8 Å². The summed E-state index contributed by atoms with van der Waals surface area (Å²) in [6, 6.07) is 0. The molecular formula is C19H30N2O8. The van der Waals surface area contributed by atoms with E-state index in [9.17, 15) is 19.2 Å². The normalized spacial score (nSPS) is 10.7. The number of carboxylic acid groups (broad SMARTS) is 1. The maximum Gasteiger partial charge on any atom is 0.407 e. The third kappa shape index (κ3) is 19.5. The molecule has 0 aliphatic heterocycles. The van der Waals surface area contributed by atoms with Crippen molar-refractivity contribution in [1.82, 2.24) is 10.6 Å². The zero-order valence-corrected chi connectivity index (χ0v) is 16.7. The Balaban J connectivity index is 3.42. The van der Waals surface area contributed by atoms with Gasteiger partial charge in [-0.2, -0.15) is 0 Å². The van der Waals surface area contributed by atoms with E-state index in [1.807, 2.05) is 0 Å². The van der Waals surface area contributed by atoms with Gasteiger partial charge in [0.15, 0.2) is 0 Å². The quantitative estimate of drug-likeness (QED) is 0.160. The van der Waals surface area contributed by atoms with E-state index in [1.165, 1.54) is 19.3 Å².